The van der Waals surface area contributed by atoms with Gasteiger partial charge in [0.1, 0.15) is 5.60 Å². The van der Waals surface area contributed by atoms with Crippen LogP contribution in [0.1, 0.15) is 52.2 Å². The Bertz CT molecular complexity index is 1780. The van der Waals surface area contributed by atoms with Crippen LogP contribution in [0.5, 0.6) is 0 Å². The largest absolute Gasteiger partial charge is 0.465 e. The maximum absolute atomic E-state index is 14.8. The number of Topliss-reactive ketones (excluding diaryl/α,β-unsaturated/α-hetero) is 1. The summed E-state index contributed by atoms with van der Waals surface area (Å²) in [6.45, 7) is 1.63. The Hall–Kier alpha value is -2.70. The van der Waals surface area contributed by atoms with Gasteiger partial charge in [-0.2, -0.15) is 5.26 Å². The molecule has 4 aromatic rings. The van der Waals surface area contributed by atoms with E-state index >= 15 is 0 Å². The molecule has 0 aliphatic heterocycles. The zero-order valence-corrected chi connectivity index (χ0v) is 29.3. The van der Waals surface area contributed by atoms with Gasteiger partial charge in [-0.1, -0.05) is 109 Å². The third-order valence-corrected chi connectivity index (χ3v) is 10.4. The summed E-state index contributed by atoms with van der Waals surface area (Å²) in [7, 11) is 0. The van der Waals surface area contributed by atoms with Gasteiger partial charge in [0.15, 0.2) is 11.2 Å². The molecule has 0 saturated heterocycles. The standard InChI is InChI=1S/C35H26Br2Cl3NO4/c1-2-45-33(43)34(19-41)28(27-16-15-26(39)17-29(27)40)18-35(44,22-7-11-24(37)12-8-22)31(30(34)20-5-13-25(38)14-6-20)32(42)21-3-9-23(36)10-4-21/h3-17,28,30-31,44H,2,18H2,1H3. The number of rotatable bonds is 7. The molecule has 1 saturated carbocycles. The molecule has 1 aliphatic carbocycles. The second-order valence-corrected chi connectivity index (χ2v) is 14.0. The second kappa shape index (κ2) is 13.6. The fourth-order valence-electron chi connectivity index (χ4n) is 6.53. The van der Waals surface area contributed by atoms with Crippen molar-refractivity contribution in [1.29, 1.82) is 5.26 Å². The summed E-state index contributed by atoms with van der Waals surface area (Å²) in [4.78, 5) is 29.2. The van der Waals surface area contributed by atoms with E-state index in [1.807, 2.05) is 0 Å². The Balaban J connectivity index is 1.91. The van der Waals surface area contributed by atoms with Crippen LogP contribution in [0.2, 0.25) is 15.1 Å². The van der Waals surface area contributed by atoms with Crippen LogP contribution in [-0.4, -0.2) is 23.5 Å². The fourth-order valence-corrected chi connectivity index (χ4v) is 7.72. The van der Waals surface area contributed by atoms with E-state index in [4.69, 9.17) is 39.5 Å². The van der Waals surface area contributed by atoms with Gasteiger partial charge < -0.3 is 9.84 Å². The summed E-state index contributed by atoms with van der Waals surface area (Å²) in [5.41, 5.74) is -2.30. The monoisotopic (exact) mass is 787 g/mol. The van der Waals surface area contributed by atoms with E-state index in [0.717, 1.165) is 8.95 Å². The van der Waals surface area contributed by atoms with E-state index in [0.29, 0.717) is 32.3 Å². The number of hydrogen-bond acceptors (Lipinski definition) is 5. The predicted molar refractivity (Wildman–Crippen MR) is 183 cm³/mol. The Morgan fingerprint density at radius 2 is 1.49 bits per heavy atom. The summed E-state index contributed by atoms with van der Waals surface area (Å²) in [5.74, 6) is -4.84. The lowest BCUT2D eigenvalue weighted by Gasteiger charge is -2.54. The highest BCUT2D eigenvalue weighted by Gasteiger charge is 2.68. The quantitative estimate of drug-likeness (QED) is 0.149. The average Bonchev–Trinajstić information content (AvgIpc) is 3.01. The SMILES string of the molecule is CCOC(=O)C1(C#N)C(c2ccc(Cl)cc2Cl)CC(O)(c2ccc(Br)cc2)C(C(=O)c2ccc(Br)cc2)C1c1ccc(Cl)cc1. The van der Waals surface area contributed by atoms with Crippen LogP contribution in [0.4, 0.5) is 0 Å². The van der Waals surface area contributed by atoms with Crippen LogP contribution in [0.25, 0.3) is 0 Å². The molecule has 0 aromatic heterocycles. The van der Waals surface area contributed by atoms with E-state index in [1.54, 1.807) is 91.9 Å². The highest BCUT2D eigenvalue weighted by molar-refractivity contribution is 9.10. The molecule has 5 unspecified atom stereocenters. The van der Waals surface area contributed by atoms with E-state index < -0.39 is 40.5 Å². The molecule has 0 amide bonds. The van der Waals surface area contributed by atoms with Crippen LogP contribution < -0.4 is 0 Å². The maximum atomic E-state index is 14.8. The van der Waals surface area contributed by atoms with Crippen molar-refractivity contribution in [1.82, 2.24) is 0 Å². The first kappa shape index (κ1) is 33.7. The number of aliphatic hydroxyl groups is 1. The number of carbonyl (C=O) groups excluding carboxylic acids is 2. The summed E-state index contributed by atoms with van der Waals surface area (Å²) >= 11 is 26.2. The molecule has 45 heavy (non-hydrogen) atoms. The number of benzene rings is 4. The van der Waals surface area contributed by atoms with Gasteiger partial charge in [0, 0.05) is 41.4 Å². The molecule has 5 rings (SSSR count). The van der Waals surface area contributed by atoms with Crippen molar-refractivity contribution in [2.45, 2.75) is 30.8 Å². The number of hydrogen-bond donors (Lipinski definition) is 1. The van der Waals surface area contributed by atoms with Crippen molar-refractivity contribution in [3.05, 3.63) is 137 Å². The molecule has 1 aliphatic rings. The number of ether oxygens (including phenoxy) is 1. The Morgan fingerprint density at radius 1 is 0.911 bits per heavy atom. The molecule has 0 bridgehead atoms. The van der Waals surface area contributed by atoms with Gasteiger partial charge >= 0.3 is 5.97 Å². The second-order valence-electron chi connectivity index (χ2n) is 10.9. The van der Waals surface area contributed by atoms with E-state index in [1.165, 1.54) is 6.07 Å². The molecule has 5 nitrogen and oxygen atoms in total. The third-order valence-electron chi connectivity index (χ3n) is 8.52. The lowest BCUT2D eigenvalue weighted by Crippen LogP contribution is -2.59. The van der Waals surface area contributed by atoms with Crippen molar-refractivity contribution >= 4 is 78.4 Å². The average molecular weight is 791 g/mol. The number of esters is 1. The van der Waals surface area contributed by atoms with Crippen molar-refractivity contribution in [2.24, 2.45) is 11.3 Å². The van der Waals surface area contributed by atoms with Gasteiger partial charge in [-0.3, -0.25) is 9.59 Å². The summed E-state index contributed by atoms with van der Waals surface area (Å²) in [6, 6.07) is 27.5. The van der Waals surface area contributed by atoms with E-state index in [9.17, 15) is 20.0 Å². The lowest BCUT2D eigenvalue weighted by atomic mass is 9.47. The third kappa shape index (κ3) is 6.22. The van der Waals surface area contributed by atoms with Crippen molar-refractivity contribution in [2.75, 3.05) is 6.61 Å². The predicted octanol–water partition coefficient (Wildman–Crippen LogP) is 9.90. The Labute approximate surface area is 293 Å². The fraction of sp³-hybridized carbons (Fsp3) is 0.229. The van der Waals surface area contributed by atoms with E-state index in [2.05, 4.69) is 37.9 Å². The van der Waals surface area contributed by atoms with Gasteiger partial charge in [0.2, 0.25) is 0 Å². The van der Waals surface area contributed by atoms with Crippen LogP contribution in [0.15, 0.2) is 99.9 Å². The van der Waals surface area contributed by atoms with Crippen LogP contribution in [0.3, 0.4) is 0 Å². The first-order chi connectivity index (χ1) is 21.5. The minimum atomic E-state index is -2.02. The molecular weight excluding hydrogens is 765 g/mol. The lowest BCUT2D eigenvalue weighted by molar-refractivity contribution is -0.164. The molecule has 0 heterocycles. The number of nitriles is 1. The van der Waals surface area contributed by atoms with Gasteiger partial charge in [0.05, 0.1) is 18.6 Å². The Kier molecular flexibility index (Phi) is 10.2. The molecule has 230 valence electrons. The Morgan fingerprint density at radius 3 is 2.04 bits per heavy atom. The van der Waals surface area contributed by atoms with Crippen molar-refractivity contribution in [3.8, 4) is 6.07 Å². The zero-order valence-electron chi connectivity index (χ0n) is 23.8. The van der Waals surface area contributed by atoms with Gasteiger partial charge in [0.25, 0.3) is 0 Å². The molecule has 10 heteroatoms. The number of ketones is 1. The smallest absolute Gasteiger partial charge is 0.327 e. The van der Waals surface area contributed by atoms with Crippen LogP contribution >= 0.6 is 66.7 Å². The minimum absolute atomic E-state index is 0.0149. The van der Waals surface area contributed by atoms with Gasteiger partial charge in [-0.05, 0) is 78.6 Å². The first-order valence-electron chi connectivity index (χ1n) is 14.0. The number of halogens is 5. The van der Waals surface area contributed by atoms with Gasteiger partial charge in [-0.25, -0.2) is 0 Å². The summed E-state index contributed by atoms with van der Waals surface area (Å²) in [6.07, 6.45) is -0.209. The van der Waals surface area contributed by atoms with Crippen molar-refractivity contribution < 1.29 is 19.4 Å². The highest BCUT2D eigenvalue weighted by Crippen LogP contribution is 2.64. The molecule has 1 N–H and O–H groups in total. The molecular formula is C35H26Br2Cl3NO4. The summed E-state index contributed by atoms with van der Waals surface area (Å²) < 4.78 is 7.17. The summed E-state index contributed by atoms with van der Waals surface area (Å²) in [5, 5.41) is 25.3. The molecule has 0 spiro atoms. The maximum Gasteiger partial charge on any atom is 0.327 e. The zero-order chi connectivity index (χ0) is 32.5. The number of carbonyl (C=O) groups is 2. The van der Waals surface area contributed by atoms with Crippen molar-refractivity contribution in [3.63, 3.8) is 0 Å². The molecule has 4 aromatic carbocycles. The first-order valence-corrected chi connectivity index (χ1v) is 16.7. The van der Waals surface area contributed by atoms with Gasteiger partial charge in [-0.15, -0.1) is 0 Å². The van der Waals surface area contributed by atoms with Crippen LogP contribution in [-0.2, 0) is 15.1 Å². The molecule has 5 atom stereocenters. The molecule has 0 radical (unpaired) electrons. The highest BCUT2D eigenvalue weighted by atomic mass is 79.9. The number of nitrogens with zero attached hydrogens (tertiary/aromatic N) is 1. The molecule has 1 fully saturated rings. The normalized spacial score (nSPS) is 24.4. The van der Waals surface area contributed by atoms with E-state index in [-0.39, 0.29) is 18.1 Å². The minimum Gasteiger partial charge on any atom is -0.465 e. The van der Waals surface area contributed by atoms with Crippen LogP contribution in [0, 0.1) is 22.7 Å². The topological polar surface area (TPSA) is 87.4 Å².